The van der Waals surface area contributed by atoms with Crippen molar-refractivity contribution in [3.63, 3.8) is 0 Å². The lowest BCUT2D eigenvalue weighted by Gasteiger charge is -2.22. The Morgan fingerprint density at radius 2 is 1.77 bits per heavy atom. The highest BCUT2D eigenvalue weighted by molar-refractivity contribution is 6.03. The molecule has 2 aromatic rings. The SMILES string of the molecule is CC(C)(C)OC(=O)Nc1cc(NC(=O)c2cc(C3CC3)nn2C(C)(C)C)ccc1F. The summed E-state index contributed by atoms with van der Waals surface area (Å²) in [5.41, 5.74) is 0.548. The van der Waals surface area contributed by atoms with Gasteiger partial charge in [-0.3, -0.25) is 14.8 Å². The van der Waals surface area contributed by atoms with Crippen LogP contribution in [0.3, 0.4) is 0 Å². The first-order valence-electron chi connectivity index (χ1n) is 10.0. The zero-order chi connectivity index (χ0) is 22.3. The molecule has 8 heteroatoms. The first kappa shape index (κ1) is 21.8. The molecule has 30 heavy (non-hydrogen) atoms. The summed E-state index contributed by atoms with van der Waals surface area (Å²) >= 11 is 0. The van der Waals surface area contributed by atoms with E-state index in [-0.39, 0.29) is 17.1 Å². The number of nitrogens with zero attached hydrogens (tertiary/aromatic N) is 2. The third-order valence-electron chi connectivity index (χ3n) is 4.45. The number of benzene rings is 1. The second-order valence-corrected chi connectivity index (χ2v) is 9.59. The van der Waals surface area contributed by atoms with Crippen LogP contribution in [0.25, 0.3) is 0 Å². The van der Waals surface area contributed by atoms with Crippen molar-refractivity contribution in [3.05, 3.63) is 41.5 Å². The fourth-order valence-electron chi connectivity index (χ4n) is 2.96. The van der Waals surface area contributed by atoms with E-state index in [2.05, 4.69) is 15.7 Å². The van der Waals surface area contributed by atoms with Gasteiger partial charge in [0.15, 0.2) is 0 Å². The van der Waals surface area contributed by atoms with Crippen molar-refractivity contribution in [2.24, 2.45) is 0 Å². The summed E-state index contributed by atoms with van der Waals surface area (Å²) in [6, 6.07) is 5.80. The normalized spacial score (nSPS) is 14.4. The molecule has 1 saturated carbocycles. The molecule has 0 saturated heterocycles. The number of rotatable bonds is 4. The Hall–Kier alpha value is -2.90. The highest BCUT2D eigenvalue weighted by Crippen LogP contribution is 2.40. The highest BCUT2D eigenvalue weighted by atomic mass is 19.1. The van der Waals surface area contributed by atoms with Gasteiger partial charge in [-0.2, -0.15) is 5.10 Å². The predicted octanol–water partition coefficient (Wildman–Crippen LogP) is 5.25. The molecule has 0 aliphatic heterocycles. The molecule has 3 rings (SSSR count). The van der Waals surface area contributed by atoms with Crippen molar-refractivity contribution in [3.8, 4) is 0 Å². The maximum Gasteiger partial charge on any atom is 0.412 e. The second kappa shape index (κ2) is 7.74. The van der Waals surface area contributed by atoms with Gasteiger partial charge >= 0.3 is 6.09 Å². The van der Waals surface area contributed by atoms with Crippen LogP contribution in [0, 0.1) is 5.82 Å². The van der Waals surface area contributed by atoms with Crippen LogP contribution in [0.15, 0.2) is 24.3 Å². The molecule has 1 heterocycles. The van der Waals surface area contributed by atoms with E-state index in [0.29, 0.717) is 17.3 Å². The molecule has 0 spiro atoms. The van der Waals surface area contributed by atoms with Crippen LogP contribution < -0.4 is 10.6 Å². The lowest BCUT2D eigenvalue weighted by molar-refractivity contribution is 0.0635. The Kier molecular flexibility index (Phi) is 5.62. The van der Waals surface area contributed by atoms with Gasteiger partial charge in [-0.05, 0) is 78.6 Å². The Morgan fingerprint density at radius 1 is 1.10 bits per heavy atom. The number of anilines is 2. The van der Waals surface area contributed by atoms with Crippen LogP contribution >= 0.6 is 0 Å². The van der Waals surface area contributed by atoms with Gasteiger partial charge in [-0.15, -0.1) is 0 Å². The van der Waals surface area contributed by atoms with E-state index >= 15 is 0 Å². The minimum atomic E-state index is -0.773. The van der Waals surface area contributed by atoms with E-state index < -0.39 is 17.5 Å². The Morgan fingerprint density at radius 3 is 2.33 bits per heavy atom. The summed E-state index contributed by atoms with van der Waals surface area (Å²) in [5.74, 6) is -0.565. The first-order chi connectivity index (χ1) is 13.8. The van der Waals surface area contributed by atoms with Gasteiger partial charge in [0.05, 0.1) is 16.9 Å². The van der Waals surface area contributed by atoms with Crippen LogP contribution in [-0.2, 0) is 10.3 Å². The van der Waals surface area contributed by atoms with E-state index in [9.17, 15) is 14.0 Å². The molecule has 1 fully saturated rings. The predicted molar refractivity (Wildman–Crippen MR) is 113 cm³/mol. The molecule has 7 nitrogen and oxygen atoms in total. The molecule has 0 unspecified atom stereocenters. The number of ether oxygens (including phenoxy) is 1. The summed E-state index contributed by atoms with van der Waals surface area (Å²) in [6.07, 6.45) is 1.39. The van der Waals surface area contributed by atoms with Gasteiger partial charge in [-0.25, -0.2) is 9.18 Å². The molecule has 162 valence electrons. The zero-order valence-electron chi connectivity index (χ0n) is 18.3. The fraction of sp³-hybridized carbons (Fsp3) is 0.500. The van der Waals surface area contributed by atoms with Crippen LogP contribution in [0.2, 0.25) is 0 Å². The molecule has 0 bridgehead atoms. The molecular weight excluding hydrogens is 387 g/mol. The van der Waals surface area contributed by atoms with Crippen molar-refractivity contribution in [2.45, 2.75) is 71.4 Å². The molecule has 0 radical (unpaired) electrons. The van der Waals surface area contributed by atoms with E-state index in [1.807, 2.05) is 26.8 Å². The number of carbonyl (C=O) groups is 2. The van der Waals surface area contributed by atoms with Crippen LogP contribution in [0.1, 0.15) is 76.5 Å². The molecule has 1 aromatic carbocycles. The van der Waals surface area contributed by atoms with Crippen LogP contribution in [0.4, 0.5) is 20.6 Å². The molecule has 1 aliphatic rings. The maximum absolute atomic E-state index is 14.1. The Balaban J connectivity index is 1.80. The number of halogens is 1. The van der Waals surface area contributed by atoms with E-state index in [0.717, 1.165) is 18.5 Å². The average molecular weight is 416 g/mol. The van der Waals surface area contributed by atoms with Gasteiger partial charge < -0.3 is 10.1 Å². The zero-order valence-corrected chi connectivity index (χ0v) is 18.3. The van der Waals surface area contributed by atoms with E-state index in [1.165, 1.54) is 18.2 Å². The minimum Gasteiger partial charge on any atom is -0.444 e. The largest absolute Gasteiger partial charge is 0.444 e. The topological polar surface area (TPSA) is 85.2 Å². The fourth-order valence-corrected chi connectivity index (χ4v) is 2.96. The molecule has 1 aromatic heterocycles. The third kappa shape index (κ3) is 5.37. The number of hydrogen-bond acceptors (Lipinski definition) is 4. The van der Waals surface area contributed by atoms with Crippen molar-refractivity contribution >= 4 is 23.4 Å². The summed E-state index contributed by atoms with van der Waals surface area (Å²) < 4.78 is 21.0. The van der Waals surface area contributed by atoms with Gasteiger partial charge in [0.25, 0.3) is 5.91 Å². The summed E-state index contributed by atoms with van der Waals surface area (Å²) in [6.45, 7) is 11.1. The third-order valence-corrected chi connectivity index (χ3v) is 4.45. The first-order valence-corrected chi connectivity index (χ1v) is 10.0. The number of amides is 2. The number of aromatic nitrogens is 2. The smallest absolute Gasteiger partial charge is 0.412 e. The van der Waals surface area contributed by atoms with Gasteiger partial charge in [0.2, 0.25) is 0 Å². The summed E-state index contributed by atoms with van der Waals surface area (Å²) in [4.78, 5) is 24.9. The number of hydrogen-bond donors (Lipinski definition) is 2. The van der Waals surface area contributed by atoms with Crippen molar-refractivity contribution < 1.29 is 18.7 Å². The Bertz CT molecular complexity index is 966. The maximum atomic E-state index is 14.1. The molecule has 1 aliphatic carbocycles. The van der Waals surface area contributed by atoms with Crippen molar-refractivity contribution in [2.75, 3.05) is 10.6 Å². The number of carbonyl (C=O) groups excluding carboxylic acids is 2. The Labute approximate surface area is 176 Å². The van der Waals surface area contributed by atoms with Crippen LogP contribution in [0.5, 0.6) is 0 Å². The van der Waals surface area contributed by atoms with Gasteiger partial charge in [0.1, 0.15) is 17.1 Å². The van der Waals surface area contributed by atoms with Crippen molar-refractivity contribution in [1.82, 2.24) is 9.78 Å². The lowest BCUT2D eigenvalue weighted by atomic mass is 10.1. The van der Waals surface area contributed by atoms with Gasteiger partial charge in [0, 0.05) is 11.6 Å². The monoisotopic (exact) mass is 416 g/mol. The standard InChI is InChI=1S/C22H29FN4O3/c1-21(2,3)27-18(12-16(26-27)13-7-8-13)19(28)24-14-9-10-15(23)17(11-14)25-20(29)30-22(4,5)6/h9-13H,7-8H2,1-6H3,(H,24,28)(H,25,29). The molecular formula is C22H29FN4O3. The quantitative estimate of drug-likeness (QED) is 0.712. The van der Waals surface area contributed by atoms with Crippen molar-refractivity contribution in [1.29, 1.82) is 0 Å². The molecule has 0 atom stereocenters. The second-order valence-electron chi connectivity index (χ2n) is 9.59. The number of nitrogens with one attached hydrogen (secondary N) is 2. The van der Waals surface area contributed by atoms with Gasteiger partial charge in [-0.1, -0.05) is 0 Å². The lowest BCUT2D eigenvalue weighted by Crippen LogP contribution is -2.29. The summed E-state index contributed by atoms with van der Waals surface area (Å²) in [5, 5.41) is 9.79. The summed E-state index contributed by atoms with van der Waals surface area (Å²) in [7, 11) is 0. The highest BCUT2D eigenvalue weighted by Gasteiger charge is 2.31. The van der Waals surface area contributed by atoms with E-state index in [1.54, 1.807) is 25.5 Å². The average Bonchev–Trinajstić information content (AvgIpc) is 3.33. The van der Waals surface area contributed by atoms with Crippen LogP contribution in [-0.4, -0.2) is 27.4 Å². The molecule has 2 amide bonds. The molecule has 2 N–H and O–H groups in total. The van der Waals surface area contributed by atoms with E-state index in [4.69, 9.17) is 4.74 Å². The minimum absolute atomic E-state index is 0.0787.